The molecule has 1 aromatic heterocycles. The number of carbonyl (C=O) groups is 1. The van der Waals surface area contributed by atoms with E-state index in [1.807, 2.05) is 6.92 Å². The van der Waals surface area contributed by atoms with E-state index in [0.29, 0.717) is 6.42 Å². The lowest BCUT2D eigenvalue weighted by atomic mass is 9.87. The zero-order valence-electron chi connectivity index (χ0n) is 13.8. The number of amides is 1. The minimum Gasteiger partial charge on any atom is -0.358 e. The van der Waals surface area contributed by atoms with Crippen molar-refractivity contribution in [3.63, 3.8) is 0 Å². The maximum Gasteiger partial charge on any atom is 0.224 e. The monoisotopic (exact) mass is 316 g/mol. The van der Waals surface area contributed by atoms with Crippen LogP contribution < -0.4 is 5.32 Å². The van der Waals surface area contributed by atoms with Crippen molar-refractivity contribution in [1.29, 1.82) is 0 Å². The lowest BCUT2D eigenvalue weighted by Gasteiger charge is -2.21. The second-order valence-electron chi connectivity index (χ2n) is 6.74. The predicted octanol–water partition coefficient (Wildman–Crippen LogP) is 4.24. The number of nitrogens with one attached hydrogen (secondary N) is 2. The lowest BCUT2D eigenvalue weighted by Crippen LogP contribution is -2.28. The van der Waals surface area contributed by atoms with Gasteiger partial charge in [0.05, 0.1) is 6.42 Å². The Morgan fingerprint density at radius 3 is 2.87 bits per heavy atom. The molecule has 1 saturated carbocycles. The number of hydrogen-bond donors (Lipinski definition) is 2. The summed E-state index contributed by atoms with van der Waals surface area (Å²) in [6.45, 7) is 2.68. The molecule has 2 N–H and O–H groups in total. The van der Waals surface area contributed by atoms with Gasteiger partial charge in [-0.1, -0.05) is 32.1 Å². The van der Waals surface area contributed by atoms with Gasteiger partial charge in [-0.2, -0.15) is 0 Å². The quantitative estimate of drug-likeness (QED) is 0.851. The molecule has 1 aliphatic rings. The molecule has 1 fully saturated rings. The first-order valence-electron chi connectivity index (χ1n) is 8.67. The molecule has 1 amide bonds. The van der Waals surface area contributed by atoms with E-state index >= 15 is 0 Å². The first-order chi connectivity index (χ1) is 11.1. The predicted molar refractivity (Wildman–Crippen MR) is 90.9 cm³/mol. The molecular weight excluding hydrogens is 291 g/mol. The minimum atomic E-state index is -0.268. The van der Waals surface area contributed by atoms with Crippen molar-refractivity contribution in [3.05, 3.63) is 35.3 Å². The second-order valence-corrected chi connectivity index (χ2v) is 6.74. The summed E-state index contributed by atoms with van der Waals surface area (Å²) in [6.07, 6.45) is 8.01. The molecule has 23 heavy (non-hydrogen) atoms. The molecule has 0 radical (unpaired) electrons. The van der Waals surface area contributed by atoms with E-state index in [1.54, 1.807) is 6.07 Å². The van der Waals surface area contributed by atoms with Crippen LogP contribution in [0.5, 0.6) is 0 Å². The highest BCUT2D eigenvalue weighted by molar-refractivity contribution is 5.90. The SMILES string of the molecule is Cc1[nH]c2ccc(F)cc2c1CC(=O)NCCC1CCCCC1. The standard InChI is InChI=1S/C19H25FN2O/c1-13-16(17-11-15(20)7-8-18(17)22-13)12-19(23)21-10-9-14-5-3-2-4-6-14/h7-8,11,14,22H,2-6,9-10,12H2,1H3,(H,21,23). The second kappa shape index (κ2) is 7.16. The first-order valence-corrected chi connectivity index (χ1v) is 8.67. The molecule has 3 nitrogen and oxygen atoms in total. The van der Waals surface area contributed by atoms with Crippen molar-refractivity contribution >= 4 is 16.8 Å². The van der Waals surface area contributed by atoms with Crippen molar-refractivity contribution in [2.24, 2.45) is 5.92 Å². The van der Waals surface area contributed by atoms with Crippen LogP contribution in [0.2, 0.25) is 0 Å². The Morgan fingerprint density at radius 2 is 2.09 bits per heavy atom. The van der Waals surface area contributed by atoms with Crippen molar-refractivity contribution in [2.75, 3.05) is 6.54 Å². The Labute approximate surface area is 136 Å². The zero-order valence-corrected chi connectivity index (χ0v) is 13.8. The number of carbonyl (C=O) groups excluding carboxylic acids is 1. The minimum absolute atomic E-state index is 0.0223. The lowest BCUT2D eigenvalue weighted by molar-refractivity contribution is -0.120. The van der Waals surface area contributed by atoms with Crippen molar-refractivity contribution in [1.82, 2.24) is 10.3 Å². The molecule has 0 spiro atoms. The molecule has 3 rings (SSSR count). The van der Waals surface area contributed by atoms with Gasteiger partial charge in [0.1, 0.15) is 5.82 Å². The number of rotatable bonds is 5. The van der Waals surface area contributed by atoms with Gasteiger partial charge in [-0.15, -0.1) is 0 Å². The fraction of sp³-hybridized carbons (Fsp3) is 0.526. The molecule has 4 heteroatoms. The number of aryl methyl sites for hydroxylation is 1. The summed E-state index contributed by atoms with van der Waals surface area (Å²) in [5.74, 6) is 0.525. The summed E-state index contributed by atoms with van der Waals surface area (Å²) in [6, 6.07) is 4.66. The Morgan fingerprint density at radius 1 is 1.30 bits per heavy atom. The molecule has 0 atom stereocenters. The third-order valence-corrected chi connectivity index (χ3v) is 5.02. The number of aromatic amines is 1. The summed E-state index contributed by atoms with van der Waals surface area (Å²) in [5, 5.41) is 3.84. The van der Waals surface area contributed by atoms with Crippen LogP contribution in [0.4, 0.5) is 4.39 Å². The number of H-pyrrole nitrogens is 1. The van der Waals surface area contributed by atoms with E-state index in [2.05, 4.69) is 10.3 Å². The highest BCUT2D eigenvalue weighted by atomic mass is 19.1. The van der Waals surface area contributed by atoms with Crippen LogP contribution in [-0.2, 0) is 11.2 Å². The fourth-order valence-corrected chi connectivity index (χ4v) is 3.70. The molecule has 2 aromatic rings. The summed E-state index contributed by atoms with van der Waals surface area (Å²) >= 11 is 0. The van der Waals surface area contributed by atoms with Gasteiger partial charge < -0.3 is 10.3 Å². The normalized spacial score (nSPS) is 15.9. The average molecular weight is 316 g/mol. The van der Waals surface area contributed by atoms with Gasteiger partial charge >= 0.3 is 0 Å². The first kappa shape index (κ1) is 16.0. The molecule has 0 unspecified atom stereocenters. The molecule has 1 heterocycles. The van der Waals surface area contributed by atoms with Crippen LogP contribution in [0, 0.1) is 18.7 Å². The topological polar surface area (TPSA) is 44.9 Å². The van der Waals surface area contributed by atoms with Gasteiger partial charge in [0.2, 0.25) is 5.91 Å². The van der Waals surface area contributed by atoms with Crippen molar-refractivity contribution in [2.45, 2.75) is 51.9 Å². The summed E-state index contributed by atoms with van der Waals surface area (Å²) in [4.78, 5) is 15.4. The number of halogens is 1. The molecule has 0 bridgehead atoms. The fourth-order valence-electron chi connectivity index (χ4n) is 3.70. The van der Waals surface area contributed by atoms with E-state index in [-0.39, 0.29) is 11.7 Å². The average Bonchev–Trinajstić information content (AvgIpc) is 2.84. The van der Waals surface area contributed by atoms with Crippen molar-refractivity contribution < 1.29 is 9.18 Å². The van der Waals surface area contributed by atoms with E-state index in [4.69, 9.17) is 0 Å². The van der Waals surface area contributed by atoms with Crippen LogP contribution in [0.3, 0.4) is 0 Å². The smallest absolute Gasteiger partial charge is 0.224 e. The van der Waals surface area contributed by atoms with E-state index in [1.165, 1.54) is 44.2 Å². The van der Waals surface area contributed by atoms with Gasteiger partial charge in [0, 0.05) is 23.1 Å². The molecule has 124 valence electrons. The molecule has 0 saturated heterocycles. The third kappa shape index (κ3) is 3.92. The summed E-state index contributed by atoms with van der Waals surface area (Å²) < 4.78 is 13.5. The Balaban J connectivity index is 1.57. The van der Waals surface area contributed by atoms with Crippen LogP contribution >= 0.6 is 0 Å². The van der Waals surface area contributed by atoms with Crippen molar-refractivity contribution in [3.8, 4) is 0 Å². The van der Waals surface area contributed by atoms with Gasteiger partial charge in [-0.25, -0.2) is 4.39 Å². The number of aromatic nitrogens is 1. The van der Waals surface area contributed by atoms with Gasteiger partial charge in [-0.3, -0.25) is 4.79 Å². The Bertz CT molecular complexity index is 686. The molecule has 1 aromatic carbocycles. The van der Waals surface area contributed by atoms with Crippen LogP contribution in [0.25, 0.3) is 10.9 Å². The number of benzene rings is 1. The molecule has 1 aliphatic carbocycles. The Kier molecular flexibility index (Phi) is 4.99. The molecular formula is C19H25FN2O. The zero-order chi connectivity index (χ0) is 16.2. The van der Waals surface area contributed by atoms with Crippen LogP contribution in [-0.4, -0.2) is 17.4 Å². The molecule has 0 aliphatic heterocycles. The van der Waals surface area contributed by atoms with E-state index in [0.717, 1.165) is 41.0 Å². The highest BCUT2D eigenvalue weighted by Crippen LogP contribution is 2.26. The van der Waals surface area contributed by atoms with Gasteiger partial charge in [0.15, 0.2) is 0 Å². The maximum atomic E-state index is 13.5. The summed E-state index contributed by atoms with van der Waals surface area (Å²) in [7, 11) is 0. The van der Waals surface area contributed by atoms with Crippen LogP contribution in [0.15, 0.2) is 18.2 Å². The van der Waals surface area contributed by atoms with Gasteiger partial charge in [-0.05, 0) is 43.0 Å². The summed E-state index contributed by atoms with van der Waals surface area (Å²) in [5.41, 5.74) is 2.72. The van der Waals surface area contributed by atoms with E-state index in [9.17, 15) is 9.18 Å². The number of hydrogen-bond acceptors (Lipinski definition) is 1. The van der Waals surface area contributed by atoms with Gasteiger partial charge in [0.25, 0.3) is 0 Å². The Hall–Kier alpha value is -1.84. The third-order valence-electron chi connectivity index (χ3n) is 5.02. The largest absolute Gasteiger partial charge is 0.358 e. The van der Waals surface area contributed by atoms with Crippen LogP contribution in [0.1, 0.15) is 49.8 Å². The van der Waals surface area contributed by atoms with E-state index < -0.39 is 0 Å². The maximum absolute atomic E-state index is 13.5. The number of fused-ring (bicyclic) bond motifs is 1. The highest BCUT2D eigenvalue weighted by Gasteiger charge is 2.15.